The van der Waals surface area contributed by atoms with Crippen molar-refractivity contribution in [2.75, 3.05) is 13.6 Å². The molecule has 0 aromatic carbocycles. The van der Waals surface area contributed by atoms with E-state index in [0.29, 0.717) is 0 Å². The second-order valence-corrected chi connectivity index (χ2v) is 7.42. The van der Waals surface area contributed by atoms with Gasteiger partial charge in [-0.25, -0.2) is 13.1 Å². The maximum atomic E-state index is 12.4. The molecule has 0 saturated heterocycles. The van der Waals surface area contributed by atoms with E-state index in [-0.39, 0.29) is 10.9 Å². The van der Waals surface area contributed by atoms with E-state index >= 15 is 0 Å². The van der Waals surface area contributed by atoms with Crippen molar-refractivity contribution in [2.45, 2.75) is 62.4 Å². The van der Waals surface area contributed by atoms with Crippen LogP contribution in [0.1, 0.15) is 44.9 Å². The average molecular weight is 314 g/mol. The van der Waals surface area contributed by atoms with Gasteiger partial charge in [0.05, 0.1) is 6.20 Å². The minimum Gasteiger partial charge on any atom is -0.320 e. The first-order valence-electron chi connectivity index (χ1n) is 7.81. The summed E-state index contributed by atoms with van der Waals surface area (Å²) in [6.07, 6.45) is 10.5. The molecule has 120 valence electrons. The molecule has 0 radical (unpaired) electrons. The molecule has 2 rings (SSSR count). The number of sulfonamides is 1. The summed E-state index contributed by atoms with van der Waals surface area (Å²) in [6, 6.07) is 0.0742. The number of rotatable bonds is 7. The molecule has 1 aromatic rings. The molecule has 6 nitrogen and oxygen atoms in total. The molecule has 0 amide bonds. The summed E-state index contributed by atoms with van der Waals surface area (Å²) in [5.74, 6) is 0. The molecule has 2 N–H and O–H groups in total. The van der Waals surface area contributed by atoms with Crippen LogP contribution in [-0.4, -0.2) is 37.8 Å². The Morgan fingerprint density at radius 2 is 2.00 bits per heavy atom. The minimum absolute atomic E-state index is 0.0742. The lowest BCUT2D eigenvalue weighted by Gasteiger charge is -2.15. The van der Waals surface area contributed by atoms with Gasteiger partial charge in [0.1, 0.15) is 4.90 Å². The molecule has 1 saturated carbocycles. The monoisotopic (exact) mass is 314 g/mol. The Hall–Kier alpha value is -0.920. The molecule has 1 fully saturated rings. The van der Waals surface area contributed by atoms with E-state index < -0.39 is 10.0 Å². The van der Waals surface area contributed by atoms with E-state index in [2.05, 4.69) is 15.1 Å². The first-order chi connectivity index (χ1) is 10.1. The van der Waals surface area contributed by atoms with Gasteiger partial charge in [-0.1, -0.05) is 25.7 Å². The molecule has 0 aliphatic heterocycles. The number of hydrogen-bond donors (Lipinski definition) is 2. The van der Waals surface area contributed by atoms with Crippen LogP contribution in [0, 0.1) is 0 Å². The zero-order valence-electron chi connectivity index (χ0n) is 12.7. The van der Waals surface area contributed by atoms with Crippen LogP contribution in [0.15, 0.2) is 17.3 Å². The molecule has 21 heavy (non-hydrogen) atoms. The van der Waals surface area contributed by atoms with E-state index in [9.17, 15) is 8.42 Å². The van der Waals surface area contributed by atoms with E-state index in [1.165, 1.54) is 19.0 Å². The standard InChI is InChI=1S/C14H26N4O2S/c1-15-9-6-10-18-12-14(11-16-18)21(19,20)17-13-7-4-2-3-5-8-13/h11-13,15,17H,2-10H2,1H3. The fraction of sp³-hybridized carbons (Fsp3) is 0.786. The van der Waals surface area contributed by atoms with E-state index in [4.69, 9.17) is 0 Å². The third-order valence-electron chi connectivity index (χ3n) is 3.91. The predicted molar refractivity (Wildman–Crippen MR) is 82.6 cm³/mol. The summed E-state index contributed by atoms with van der Waals surface area (Å²) in [5, 5.41) is 7.20. The summed E-state index contributed by atoms with van der Waals surface area (Å²) >= 11 is 0. The van der Waals surface area contributed by atoms with Crippen molar-refractivity contribution in [1.29, 1.82) is 0 Å². The molecule has 1 aromatic heterocycles. The Labute approximate surface area is 127 Å². The number of nitrogens with zero attached hydrogens (tertiary/aromatic N) is 2. The lowest BCUT2D eigenvalue weighted by atomic mass is 10.1. The topological polar surface area (TPSA) is 76.0 Å². The first kappa shape index (κ1) is 16.5. The summed E-state index contributed by atoms with van der Waals surface area (Å²) in [7, 11) is -1.54. The van der Waals surface area contributed by atoms with Gasteiger partial charge in [-0.3, -0.25) is 4.68 Å². The van der Waals surface area contributed by atoms with Gasteiger partial charge >= 0.3 is 0 Å². The molecule has 7 heteroatoms. The number of aromatic nitrogens is 2. The van der Waals surface area contributed by atoms with Crippen molar-refractivity contribution in [1.82, 2.24) is 19.8 Å². The number of nitrogens with one attached hydrogen (secondary N) is 2. The van der Waals surface area contributed by atoms with Gasteiger partial charge in [0.15, 0.2) is 0 Å². The van der Waals surface area contributed by atoms with Crippen LogP contribution in [0.2, 0.25) is 0 Å². The number of hydrogen-bond acceptors (Lipinski definition) is 4. The lowest BCUT2D eigenvalue weighted by molar-refractivity contribution is 0.509. The zero-order chi connectivity index (χ0) is 15.1. The van der Waals surface area contributed by atoms with Crippen LogP contribution in [0.4, 0.5) is 0 Å². The van der Waals surface area contributed by atoms with E-state index in [0.717, 1.165) is 45.2 Å². The van der Waals surface area contributed by atoms with Crippen LogP contribution in [0.3, 0.4) is 0 Å². The Morgan fingerprint density at radius 3 is 2.67 bits per heavy atom. The maximum Gasteiger partial charge on any atom is 0.243 e. The Bertz CT molecular complexity index is 519. The summed E-state index contributed by atoms with van der Waals surface area (Å²) in [6.45, 7) is 1.61. The summed E-state index contributed by atoms with van der Waals surface area (Å²) < 4.78 is 29.3. The highest BCUT2D eigenvalue weighted by molar-refractivity contribution is 7.89. The molecular formula is C14H26N4O2S. The van der Waals surface area contributed by atoms with Crippen molar-refractivity contribution < 1.29 is 8.42 Å². The van der Waals surface area contributed by atoms with Crippen LogP contribution in [-0.2, 0) is 16.6 Å². The SMILES string of the molecule is CNCCCn1cc(S(=O)(=O)NC2CCCCCC2)cn1. The normalized spacial score (nSPS) is 17.8. The number of aryl methyl sites for hydroxylation is 1. The van der Waals surface area contributed by atoms with Crippen molar-refractivity contribution in [2.24, 2.45) is 0 Å². The van der Waals surface area contributed by atoms with Crippen molar-refractivity contribution >= 4 is 10.0 Å². The molecule has 0 unspecified atom stereocenters. The van der Waals surface area contributed by atoms with Crippen molar-refractivity contribution in [3.63, 3.8) is 0 Å². The molecule has 1 aliphatic rings. The molecule has 1 heterocycles. The van der Waals surface area contributed by atoms with Crippen LogP contribution in [0.25, 0.3) is 0 Å². The smallest absolute Gasteiger partial charge is 0.243 e. The maximum absolute atomic E-state index is 12.4. The largest absolute Gasteiger partial charge is 0.320 e. The summed E-state index contributed by atoms with van der Waals surface area (Å²) in [5.41, 5.74) is 0. The van der Waals surface area contributed by atoms with Gasteiger partial charge in [-0.2, -0.15) is 5.10 Å². The van der Waals surface area contributed by atoms with E-state index in [1.807, 2.05) is 7.05 Å². The molecule has 1 aliphatic carbocycles. The molecule has 0 spiro atoms. The Kier molecular flexibility index (Phi) is 6.20. The highest BCUT2D eigenvalue weighted by Crippen LogP contribution is 2.19. The second kappa shape index (κ2) is 7.91. The fourth-order valence-electron chi connectivity index (χ4n) is 2.71. The van der Waals surface area contributed by atoms with Gasteiger partial charge in [0, 0.05) is 18.8 Å². The highest BCUT2D eigenvalue weighted by Gasteiger charge is 2.22. The quantitative estimate of drug-likeness (QED) is 0.590. The van der Waals surface area contributed by atoms with Crippen LogP contribution < -0.4 is 10.0 Å². The van der Waals surface area contributed by atoms with Crippen LogP contribution >= 0.6 is 0 Å². The van der Waals surface area contributed by atoms with Gasteiger partial charge in [0.25, 0.3) is 0 Å². The van der Waals surface area contributed by atoms with E-state index in [1.54, 1.807) is 10.9 Å². The van der Waals surface area contributed by atoms with Gasteiger partial charge in [0.2, 0.25) is 10.0 Å². The Balaban J connectivity index is 1.95. The molecule has 0 bridgehead atoms. The molecular weight excluding hydrogens is 288 g/mol. The first-order valence-corrected chi connectivity index (χ1v) is 9.29. The zero-order valence-corrected chi connectivity index (χ0v) is 13.5. The van der Waals surface area contributed by atoms with Crippen molar-refractivity contribution in [3.8, 4) is 0 Å². The van der Waals surface area contributed by atoms with Gasteiger partial charge < -0.3 is 5.32 Å². The summed E-state index contributed by atoms with van der Waals surface area (Å²) in [4.78, 5) is 0.274. The van der Waals surface area contributed by atoms with Gasteiger partial charge in [-0.15, -0.1) is 0 Å². The Morgan fingerprint density at radius 1 is 1.29 bits per heavy atom. The lowest BCUT2D eigenvalue weighted by Crippen LogP contribution is -2.34. The third-order valence-corrected chi connectivity index (χ3v) is 5.39. The predicted octanol–water partition coefficient (Wildman–Crippen LogP) is 1.49. The van der Waals surface area contributed by atoms with Crippen molar-refractivity contribution in [3.05, 3.63) is 12.4 Å². The second-order valence-electron chi connectivity index (χ2n) is 5.71. The fourth-order valence-corrected chi connectivity index (χ4v) is 3.97. The third kappa shape index (κ3) is 5.09. The average Bonchev–Trinajstić information content (AvgIpc) is 2.79. The minimum atomic E-state index is -3.43. The van der Waals surface area contributed by atoms with Gasteiger partial charge in [-0.05, 0) is 32.9 Å². The van der Waals surface area contributed by atoms with Crippen LogP contribution in [0.5, 0.6) is 0 Å². The highest BCUT2D eigenvalue weighted by atomic mass is 32.2. The molecule has 0 atom stereocenters.